The number of aromatic nitrogens is 1. The van der Waals surface area contributed by atoms with Crippen molar-refractivity contribution in [3.8, 4) is 0 Å². The van der Waals surface area contributed by atoms with Crippen molar-refractivity contribution in [2.45, 2.75) is 32.2 Å². The van der Waals surface area contributed by atoms with Gasteiger partial charge in [-0.2, -0.15) is 0 Å². The summed E-state index contributed by atoms with van der Waals surface area (Å²) in [6, 6.07) is 0.647. The van der Waals surface area contributed by atoms with E-state index in [2.05, 4.69) is 27.5 Å². The van der Waals surface area contributed by atoms with Crippen LogP contribution < -0.4 is 10.6 Å². The minimum absolute atomic E-state index is 0.647. The molecule has 1 aliphatic carbocycles. The SMILES string of the molecule is CN=C(NCCc1ncc(C)s1)NC1CC1. The fourth-order valence-electron chi connectivity index (χ4n) is 1.42. The fraction of sp³-hybridized carbons (Fsp3) is 0.636. The number of nitrogens with zero attached hydrogens (tertiary/aromatic N) is 2. The van der Waals surface area contributed by atoms with Crippen molar-refractivity contribution in [3.63, 3.8) is 0 Å². The molecule has 2 rings (SSSR count). The van der Waals surface area contributed by atoms with Gasteiger partial charge in [0.05, 0.1) is 5.01 Å². The molecule has 0 spiro atoms. The van der Waals surface area contributed by atoms with Gasteiger partial charge in [-0.1, -0.05) is 0 Å². The van der Waals surface area contributed by atoms with Crippen molar-refractivity contribution >= 4 is 17.3 Å². The molecule has 88 valence electrons. The maximum Gasteiger partial charge on any atom is 0.191 e. The van der Waals surface area contributed by atoms with Crippen LogP contribution in [-0.2, 0) is 6.42 Å². The van der Waals surface area contributed by atoms with Crippen LogP contribution in [0.3, 0.4) is 0 Å². The molecular formula is C11H18N4S. The molecule has 0 unspecified atom stereocenters. The maximum absolute atomic E-state index is 4.33. The van der Waals surface area contributed by atoms with Gasteiger partial charge in [-0.05, 0) is 19.8 Å². The lowest BCUT2D eigenvalue weighted by molar-refractivity contribution is 0.789. The van der Waals surface area contributed by atoms with Gasteiger partial charge in [-0.15, -0.1) is 11.3 Å². The Labute approximate surface area is 100 Å². The predicted molar refractivity (Wildman–Crippen MR) is 68.1 cm³/mol. The Morgan fingerprint density at radius 3 is 3.00 bits per heavy atom. The maximum atomic E-state index is 4.33. The highest BCUT2D eigenvalue weighted by Gasteiger charge is 2.21. The Bertz CT molecular complexity index is 368. The van der Waals surface area contributed by atoms with Crippen molar-refractivity contribution in [3.05, 3.63) is 16.1 Å². The minimum atomic E-state index is 0.647. The van der Waals surface area contributed by atoms with Crippen molar-refractivity contribution < 1.29 is 0 Å². The van der Waals surface area contributed by atoms with Crippen LogP contribution in [0.25, 0.3) is 0 Å². The normalized spacial score (nSPS) is 16.2. The number of hydrogen-bond donors (Lipinski definition) is 2. The molecule has 0 saturated heterocycles. The topological polar surface area (TPSA) is 49.3 Å². The summed E-state index contributed by atoms with van der Waals surface area (Å²) >= 11 is 1.76. The highest BCUT2D eigenvalue weighted by Crippen LogP contribution is 2.18. The first-order chi connectivity index (χ1) is 7.78. The van der Waals surface area contributed by atoms with Gasteiger partial charge in [-0.25, -0.2) is 4.98 Å². The standard InChI is InChI=1S/C11H18N4S/c1-8-7-14-10(16-8)5-6-13-11(12-2)15-9-3-4-9/h7,9H,3-6H2,1-2H3,(H2,12,13,15). The van der Waals surface area contributed by atoms with Crippen LogP contribution in [0.1, 0.15) is 22.7 Å². The quantitative estimate of drug-likeness (QED) is 0.614. The molecule has 1 aromatic heterocycles. The second-order valence-electron chi connectivity index (χ2n) is 4.03. The molecule has 2 N–H and O–H groups in total. The molecule has 1 fully saturated rings. The lowest BCUT2D eigenvalue weighted by Gasteiger charge is -2.09. The number of aryl methyl sites for hydroxylation is 1. The van der Waals surface area contributed by atoms with E-state index in [0.29, 0.717) is 6.04 Å². The molecule has 0 atom stereocenters. The first kappa shape index (κ1) is 11.4. The van der Waals surface area contributed by atoms with E-state index >= 15 is 0 Å². The fourth-order valence-corrected chi connectivity index (χ4v) is 2.21. The van der Waals surface area contributed by atoms with Gasteiger partial charge in [-0.3, -0.25) is 4.99 Å². The van der Waals surface area contributed by atoms with Gasteiger partial charge in [0.15, 0.2) is 5.96 Å². The average molecular weight is 238 g/mol. The second kappa shape index (κ2) is 5.30. The van der Waals surface area contributed by atoms with E-state index in [4.69, 9.17) is 0 Å². The van der Waals surface area contributed by atoms with Crippen LogP contribution in [0, 0.1) is 6.92 Å². The van der Waals surface area contributed by atoms with E-state index in [1.807, 2.05) is 13.2 Å². The third kappa shape index (κ3) is 3.48. The summed E-state index contributed by atoms with van der Waals surface area (Å²) in [6.45, 7) is 2.97. The van der Waals surface area contributed by atoms with Crippen molar-refractivity contribution in [2.75, 3.05) is 13.6 Å². The van der Waals surface area contributed by atoms with E-state index in [9.17, 15) is 0 Å². The Kier molecular flexibility index (Phi) is 3.77. The van der Waals surface area contributed by atoms with Gasteiger partial charge >= 0.3 is 0 Å². The van der Waals surface area contributed by atoms with Crippen molar-refractivity contribution in [2.24, 2.45) is 4.99 Å². The number of guanidine groups is 1. The Balaban J connectivity index is 1.69. The summed E-state index contributed by atoms with van der Waals surface area (Å²) < 4.78 is 0. The lowest BCUT2D eigenvalue weighted by atomic mass is 10.4. The number of thiazole rings is 1. The summed E-state index contributed by atoms with van der Waals surface area (Å²) in [5.74, 6) is 0.913. The van der Waals surface area contributed by atoms with Crippen molar-refractivity contribution in [1.82, 2.24) is 15.6 Å². The monoisotopic (exact) mass is 238 g/mol. The van der Waals surface area contributed by atoms with Crippen LogP contribution in [0.15, 0.2) is 11.2 Å². The number of nitrogens with one attached hydrogen (secondary N) is 2. The second-order valence-corrected chi connectivity index (χ2v) is 5.35. The molecule has 0 aromatic carbocycles. The third-order valence-corrected chi connectivity index (χ3v) is 3.41. The minimum Gasteiger partial charge on any atom is -0.356 e. The number of rotatable bonds is 4. The van der Waals surface area contributed by atoms with Crippen LogP contribution >= 0.6 is 11.3 Å². The van der Waals surface area contributed by atoms with Crippen LogP contribution in [0.5, 0.6) is 0 Å². The zero-order valence-electron chi connectivity index (χ0n) is 9.79. The summed E-state index contributed by atoms with van der Waals surface area (Å²) in [7, 11) is 1.81. The Morgan fingerprint density at radius 1 is 1.62 bits per heavy atom. The molecular weight excluding hydrogens is 220 g/mol. The molecule has 1 saturated carbocycles. The van der Waals surface area contributed by atoms with E-state index in [1.165, 1.54) is 22.7 Å². The van der Waals surface area contributed by atoms with Gasteiger partial charge < -0.3 is 10.6 Å². The van der Waals surface area contributed by atoms with Gasteiger partial charge in [0.25, 0.3) is 0 Å². The summed E-state index contributed by atoms with van der Waals surface area (Å²) in [5, 5.41) is 7.84. The Morgan fingerprint density at radius 2 is 2.44 bits per heavy atom. The lowest BCUT2D eigenvalue weighted by Crippen LogP contribution is -2.39. The number of hydrogen-bond acceptors (Lipinski definition) is 3. The van der Waals surface area contributed by atoms with E-state index < -0.39 is 0 Å². The molecule has 0 radical (unpaired) electrons. The zero-order valence-corrected chi connectivity index (χ0v) is 10.6. The molecule has 5 heteroatoms. The molecule has 1 aromatic rings. The highest BCUT2D eigenvalue weighted by molar-refractivity contribution is 7.11. The van der Waals surface area contributed by atoms with Crippen LogP contribution in [-0.4, -0.2) is 30.6 Å². The molecule has 4 nitrogen and oxygen atoms in total. The number of aliphatic imine (C=N–C) groups is 1. The van der Waals surface area contributed by atoms with Gasteiger partial charge in [0.1, 0.15) is 0 Å². The van der Waals surface area contributed by atoms with Gasteiger partial charge in [0, 0.05) is 37.1 Å². The molecule has 0 aliphatic heterocycles. The summed E-state index contributed by atoms with van der Waals surface area (Å²) in [6.07, 6.45) is 5.43. The average Bonchev–Trinajstić information content (AvgIpc) is 3.00. The van der Waals surface area contributed by atoms with E-state index in [1.54, 1.807) is 11.3 Å². The first-order valence-electron chi connectivity index (χ1n) is 5.66. The Hall–Kier alpha value is -1.10. The van der Waals surface area contributed by atoms with Crippen LogP contribution in [0.2, 0.25) is 0 Å². The third-order valence-electron chi connectivity index (χ3n) is 2.44. The summed E-state index contributed by atoms with van der Waals surface area (Å²) in [4.78, 5) is 9.79. The van der Waals surface area contributed by atoms with Gasteiger partial charge in [0.2, 0.25) is 0 Å². The molecule has 1 heterocycles. The smallest absolute Gasteiger partial charge is 0.191 e. The molecule has 0 bridgehead atoms. The van der Waals surface area contributed by atoms with E-state index in [0.717, 1.165) is 18.9 Å². The zero-order chi connectivity index (χ0) is 11.4. The van der Waals surface area contributed by atoms with Crippen LogP contribution in [0.4, 0.5) is 0 Å². The van der Waals surface area contributed by atoms with Crippen molar-refractivity contribution in [1.29, 1.82) is 0 Å². The first-order valence-corrected chi connectivity index (χ1v) is 6.48. The molecule has 1 aliphatic rings. The predicted octanol–water partition coefficient (Wildman–Crippen LogP) is 1.32. The largest absolute Gasteiger partial charge is 0.356 e. The molecule has 0 amide bonds. The highest BCUT2D eigenvalue weighted by atomic mass is 32.1. The molecule has 16 heavy (non-hydrogen) atoms. The van der Waals surface area contributed by atoms with E-state index in [-0.39, 0.29) is 0 Å². The summed E-state index contributed by atoms with van der Waals surface area (Å²) in [5.41, 5.74) is 0.